The molecule has 4 rings (SSSR count). The predicted octanol–water partition coefficient (Wildman–Crippen LogP) is 3.93. The zero-order valence-electron chi connectivity index (χ0n) is 16.8. The molecule has 0 saturated heterocycles. The molecule has 2 aromatic carbocycles. The third kappa shape index (κ3) is 2.93. The first-order valence-electron chi connectivity index (χ1n) is 8.85. The zero-order valence-corrected chi connectivity index (χ0v) is 16.8. The monoisotopic (exact) mass is 395 g/mol. The highest BCUT2D eigenvalue weighted by molar-refractivity contribution is 5.97. The largest absolute Gasteiger partial charge is 0.494 e. The van der Waals surface area contributed by atoms with Gasteiger partial charge in [-0.1, -0.05) is 0 Å². The highest BCUT2D eigenvalue weighted by atomic mass is 16.5. The van der Waals surface area contributed by atoms with Crippen molar-refractivity contribution in [1.82, 2.24) is 14.5 Å². The lowest BCUT2D eigenvalue weighted by Crippen LogP contribution is -1.96. The number of hydrogen-bond donors (Lipinski definition) is 0. The molecule has 4 aromatic rings. The maximum Gasteiger partial charge on any atom is 0.203 e. The number of ether oxygens (including phenoxy) is 4. The van der Waals surface area contributed by atoms with Gasteiger partial charge in [0, 0.05) is 18.2 Å². The fourth-order valence-corrected chi connectivity index (χ4v) is 3.44. The second-order valence-corrected chi connectivity index (χ2v) is 6.31. The highest BCUT2D eigenvalue weighted by Crippen LogP contribution is 2.44. The Hall–Kier alpha value is -3.68. The molecule has 0 spiro atoms. The van der Waals surface area contributed by atoms with E-state index in [4.69, 9.17) is 23.4 Å². The van der Waals surface area contributed by atoms with Gasteiger partial charge in [-0.05, 0) is 24.3 Å². The van der Waals surface area contributed by atoms with Gasteiger partial charge < -0.3 is 27.9 Å². The van der Waals surface area contributed by atoms with Gasteiger partial charge in [-0.2, -0.15) is 0 Å². The molecular formula is C21H21N3O5. The molecular weight excluding hydrogens is 374 g/mol. The lowest BCUT2D eigenvalue weighted by atomic mass is 10.0. The SMILES string of the molecule is COc1cc(-c2ncoc2-c2ccc(OC)c3c2ncn3C)cc(OC)c1OC. The van der Waals surface area contributed by atoms with Crippen LogP contribution in [0.5, 0.6) is 23.0 Å². The Morgan fingerprint density at radius 3 is 2.17 bits per heavy atom. The van der Waals surface area contributed by atoms with Crippen LogP contribution in [0.2, 0.25) is 0 Å². The van der Waals surface area contributed by atoms with Crippen LogP contribution in [-0.4, -0.2) is 43.0 Å². The van der Waals surface area contributed by atoms with Gasteiger partial charge in [0.1, 0.15) is 22.5 Å². The summed E-state index contributed by atoms with van der Waals surface area (Å²) in [5, 5.41) is 0. The fraction of sp³-hybridized carbons (Fsp3) is 0.238. The molecule has 0 amide bonds. The van der Waals surface area contributed by atoms with E-state index in [0.717, 1.165) is 27.9 Å². The summed E-state index contributed by atoms with van der Waals surface area (Å²) in [6.45, 7) is 0. The van der Waals surface area contributed by atoms with E-state index in [0.29, 0.717) is 28.7 Å². The summed E-state index contributed by atoms with van der Waals surface area (Å²) in [4.78, 5) is 8.98. The predicted molar refractivity (Wildman–Crippen MR) is 108 cm³/mol. The molecule has 2 aromatic heterocycles. The first-order valence-corrected chi connectivity index (χ1v) is 8.85. The van der Waals surface area contributed by atoms with Crippen molar-refractivity contribution in [2.24, 2.45) is 7.05 Å². The number of nitrogens with zero attached hydrogens (tertiary/aromatic N) is 3. The molecule has 2 heterocycles. The van der Waals surface area contributed by atoms with Crippen molar-refractivity contribution in [2.75, 3.05) is 28.4 Å². The maximum absolute atomic E-state index is 5.79. The van der Waals surface area contributed by atoms with Crippen LogP contribution in [0.25, 0.3) is 33.6 Å². The standard InChI is InChI=1S/C21H21N3O5/c1-24-10-22-18-13(6-7-14(25-2)19(18)24)20-17(23-11-29-20)12-8-15(26-3)21(28-5)16(9-12)27-4/h6-11H,1-5H3. The number of hydrogen-bond acceptors (Lipinski definition) is 7. The number of fused-ring (bicyclic) bond motifs is 1. The fourth-order valence-electron chi connectivity index (χ4n) is 3.44. The van der Waals surface area contributed by atoms with Crippen molar-refractivity contribution in [2.45, 2.75) is 0 Å². The average molecular weight is 395 g/mol. The Kier molecular flexibility index (Phi) is 4.75. The van der Waals surface area contributed by atoms with Crippen molar-refractivity contribution in [3.05, 3.63) is 37.0 Å². The van der Waals surface area contributed by atoms with Crippen LogP contribution in [0, 0.1) is 0 Å². The minimum Gasteiger partial charge on any atom is -0.494 e. The van der Waals surface area contributed by atoms with Gasteiger partial charge in [0.05, 0.1) is 34.8 Å². The first kappa shape index (κ1) is 18.7. The number of benzene rings is 2. The quantitative estimate of drug-likeness (QED) is 0.489. The molecule has 0 bridgehead atoms. The molecule has 0 fully saturated rings. The number of imidazole rings is 1. The Morgan fingerprint density at radius 1 is 0.862 bits per heavy atom. The summed E-state index contributed by atoms with van der Waals surface area (Å²) in [5.74, 6) is 2.91. The Labute approximate surface area is 167 Å². The van der Waals surface area contributed by atoms with Crippen molar-refractivity contribution >= 4 is 11.0 Å². The number of methoxy groups -OCH3 is 4. The first-order chi connectivity index (χ1) is 14.1. The van der Waals surface area contributed by atoms with Gasteiger partial charge in [-0.15, -0.1) is 0 Å². The van der Waals surface area contributed by atoms with E-state index in [1.807, 2.05) is 35.9 Å². The van der Waals surface area contributed by atoms with Crippen LogP contribution in [0.1, 0.15) is 0 Å². The van der Waals surface area contributed by atoms with E-state index >= 15 is 0 Å². The molecule has 8 nitrogen and oxygen atoms in total. The lowest BCUT2D eigenvalue weighted by Gasteiger charge is -2.14. The Bertz CT molecular complexity index is 1150. The van der Waals surface area contributed by atoms with Gasteiger partial charge in [0.25, 0.3) is 0 Å². The Balaban J connectivity index is 1.93. The minimum absolute atomic E-state index is 0.514. The summed E-state index contributed by atoms with van der Waals surface area (Å²) < 4.78 is 29.5. The molecule has 0 radical (unpaired) electrons. The van der Waals surface area contributed by atoms with Crippen LogP contribution >= 0.6 is 0 Å². The van der Waals surface area contributed by atoms with E-state index in [-0.39, 0.29) is 0 Å². The van der Waals surface area contributed by atoms with E-state index in [9.17, 15) is 0 Å². The molecule has 0 N–H and O–H groups in total. The molecule has 8 heteroatoms. The third-order valence-corrected chi connectivity index (χ3v) is 4.80. The number of rotatable bonds is 6. The summed E-state index contributed by atoms with van der Waals surface area (Å²) in [5.41, 5.74) is 3.85. The van der Waals surface area contributed by atoms with E-state index < -0.39 is 0 Å². The third-order valence-electron chi connectivity index (χ3n) is 4.80. The van der Waals surface area contributed by atoms with Gasteiger partial charge in [0.2, 0.25) is 5.75 Å². The second-order valence-electron chi connectivity index (χ2n) is 6.31. The molecule has 0 atom stereocenters. The Morgan fingerprint density at radius 2 is 1.55 bits per heavy atom. The molecule has 150 valence electrons. The summed E-state index contributed by atoms with van der Waals surface area (Å²) >= 11 is 0. The molecule has 0 aliphatic heterocycles. The van der Waals surface area contributed by atoms with Gasteiger partial charge in [0.15, 0.2) is 23.7 Å². The smallest absolute Gasteiger partial charge is 0.203 e. The average Bonchev–Trinajstić information content (AvgIpc) is 3.39. The number of aromatic nitrogens is 3. The van der Waals surface area contributed by atoms with Crippen LogP contribution in [0.15, 0.2) is 41.4 Å². The summed E-state index contributed by atoms with van der Waals surface area (Å²) in [7, 11) is 8.27. The lowest BCUT2D eigenvalue weighted by molar-refractivity contribution is 0.324. The molecule has 0 aliphatic rings. The van der Waals surface area contributed by atoms with E-state index in [1.54, 1.807) is 34.8 Å². The summed E-state index contributed by atoms with van der Waals surface area (Å²) in [6, 6.07) is 7.47. The van der Waals surface area contributed by atoms with Crippen molar-refractivity contribution in [3.63, 3.8) is 0 Å². The zero-order chi connectivity index (χ0) is 20.5. The van der Waals surface area contributed by atoms with Crippen LogP contribution in [0.4, 0.5) is 0 Å². The topological polar surface area (TPSA) is 80.8 Å². The number of oxazole rings is 1. The van der Waals surface area contributed by atoms with Crippen LogP contribution in [-0.2, 0) is 7.05 Å². The van der Waals surface area contributed by atoms with Crippen LogP contribution in [0.3, 0.4) is 0 Å². The van der Waals surface area contributed by atoms with Gasteiger partial charge in [-0.25, -0.2) is 9.97 Å². The van der Waals surface area contributed by atoms with E-state index in [2.05, 4.69) is 9.97 Å². The molecule has 0 unspecified atom stereocenters. The molecule has 29 heavy (non-hydrogen) atoms. The van der Waals surface area contributed by atoms with E-state index in [1.165, 1.54) is 6.39 Å². The van der Waals surface area contributed by atoms with Crippen molar-refractivity contribution < 1.29 is 23.4 Å². The summed E-state index contributed by atoms with van der Waals surface area (Å²) in [6.07, 6.45) is 3.15. The van der Waals surface area contributed by atoms with Gasteiger partial charge in [-0.3, -0.25) is 0 Å². The van der Waals surface area contributed by atoms with Crippen molar-refractivity contribution in [1.29, 1.82) is 0 Å². The highest BCUT2D eigenvalue weighted by Gasteiger charge is 2.22. The normalized spacial score (nSPS) is 10.9. The van der Waals surface area contributed by atoms with Gasteiger partial charge >= 0.3 is 0 Å². The minimum atomic E-state index is 0.514. The van der Waals surface area contributed by atoms with Crippen molar-refractivity contribution in [3.8, 4) is 45.6 Å². The second kappa shape index (κ2) is 7.38. The van der Waals surface area contributed by atoms with Crippen LogP contribution < -0.4 is 18.9 Å². The molecule has 0 aliphatic carbocycles. The molecule has 0 saturated carbocycles. The maximum atomic E-state index is 5.79. The number of aryl methyl sites for hydroxylation is 1.